The number of fused-ring (bicyclic) bond motifs is 1. The molecular weight excluding hydrogens is 276 g/mol. The number of thioether (sulfide) groups is 1. The molecule has 2 atom stereocenters. The summed E-state index contributed by atoms with van der Waals surface area (Å²) >= 11 is 1.49. The maximum absolute atomic E-state index is 12.7. The number of hydrogen-bond acceptors (Lipinski definition) is 4. The Morgan fingerprint density at radius 1 is 1.35 bits per heavy atom. The molecule has 0 radical (unpaired) electrons. The van der Waals surface area contributed by atoms with E-state index in [0.29, 0.717) is 11.6 Å². The largest absolute Gasteiger partial charge is 0.480 e. The number of carbonyl (C=O) groups excluding carboxylic acids is 1. The molecule has 6 heteroatoms. The standard InChI is InChI=1S/C14H16N2O3S/c17-13(16-8-20-7-11(16)14(18)19)12-10-4-2-1-3-9(10)5-6-15-12/h1-4,11-12,15H,5-8H2,(H,18,19)/t11-,12?/m0/s1. The zero-order valence-corrected chi connectivity index (χ0v) is 11.7. The summed E-state index contributed by atoms with van der Waals surface area (Å²) in [5, 5.41) is 12.4. The van der Waals surface area contributed by atoms with Crippen molar-refractivity contribution in [3.63, 3.8) is 0 Å². The third-order valence-electron chi connectivity index (χ3n) is 3.81. The molecule has 106 valence electrons. The smallest absolute Gasteiger partial charge is 0.327 e. The average Bonchev–Trinajstić information content (AvgIpc) is 2.95. The monoisotopic (exact) mass is 292 g/mol. The summed E-state index contributed by atoms with van der Waals surface area (Å²) in [5.41, 5.74) is 2.15. The van der Waals surface area contributed by atoms with Crippen molar-refractivity contribution in [2.75, 3.05) is 18.2 Å². The Morgan fingerprint density at radius 2 is 2.15 bits per heavy atom. The van der Waals surface area contributed by atoms with Crippen LogP contribution in [-0.4, -0.2) is 46.1 Å². The second-order valence-electron chi connectivity index (χ2n) is 5.00. The van der Waals surface area contributed by atoms with E-state index in [1.54, 1.807) is 0 Å². The molecule has 0 aromatic heterocycles. The van der Waals surface area contributed by atoms with E-state index < -0.39 is 18.1 Å². The third kappa shape index (κ3) is 2.29. The number of carboxylic acid groups (broad SMARTS) is 1. The van der Waals surface area contributed by atoms with Crippen molar-refractivity contribution in [1.82, 2.24) is 10.2 Å². The fraction of sp³-hybridized carbons (Fsp3) is 0.429. The van der Waals surface area contributed by atoms with Crippen molar-refractivity contribution in [2.24, 2.45) is 0 Å². The molecule has 5 nitrogen and oxygen atoms in total. The van der Waals surface area contributed by atoms with Gasteiger partial charge in [0.2, 0.25) is 5.91 Å². The Labute approximate surface area is 121 Å². The molecule has 1 fully saturated rings. The summed E-state index contributed by atoms with van der Waals surface area (Å²) in [5.74, 6) is -0.131. The van der Waals surface area contributed by atoms with Crippen LogP contribution in [0.1, 0.15) is 17.2 Å². The van der Waals surface area contributed by atoms with Crippen LogP contribution in [0.2, 0.25) is 0 Å². The van der Waals surface area contributed by atoms with Gasteiger partial charge in [0.25, 0.3) is 0 Å². The zero-order valence-electron chi connectivity index (χ0n) is 10.9. The van der Waals surface area contributed by atoms with E-state index >= 15 is 0 Å². The van der Waals surface area contributed by atoms with Gasteiger partial charge < -0.3 is 15.3 Å². The Bertz CT molecular complexity index is 549. The Hall–Kier alpha value is -1.53. The van der Waals surface area contributed by atoms with Gasteiger partial charge in [-0.25, -0.2) is 4.79 Å². The fourth-order valence-electron chi connectivity index (χ4n) is 2.76. The first-order valence-electron chi connectivity index (χ1n) is 6.60. The van der Waals surface area contributed by atoms with Gasteiger partial charge in [0.15, 0.2) is 0 Å². The van der Waals surface area contributed by atoms with Crippen molar-refractivity contribution < 1.29 is 14.7 Å². The van der Waals surface area contributed by atoms with E-state index in [2.05, 4.69) is 5.32 Å². The van der Waals surface area contributed by atoms with E-state index in [4.69, 9.17) is 0 Å². The molecule has 1 unspecified atom stereocenters. The number of hydrogen-bond donors (Lipinski definition) is 2. The molecule has 0 bridgehead atoms. The Balaban J connectivity index is 1.87. The molecule has 20 heavy (non-hydrogen) atoms. The van der Waals surface area contributed by atoms with Crippen LogP contribution in [0.15, 0.2) is 24.3 Å². The SMILES string of the molecule is O=C(O)[C@@H]1CSCN1C(=O)C1NCCc2ccccc21. The number of nitrogens with zero attached hydrogens (tertiary/aromatic N) is 1. The van der Waals surface area contributed by atoms with Gasteiger partial charge in [0, 0.05) is 12.3 Å². The predicted molar refractivity (Wildman–Crippen MR) is 76.5 cm³/mol. The van der Waals surface area contributed by atoms with E-state index in [9.17, 15) is 14.7 Å². The lowest BCUT2D eigenvalue weighted by Crippen LogP contribution is -2.48. The fourth-order valence-corrected chi connectivity index (χ4v) is 3.91. The molecule has 1 saturated heterocycles. The molecule has 0 aliphatic carbocycles. The van der Waals surface area contributed by atoms with E-state index in [-0.39, 0.29) is 5.91 Å². The topological polar surface area (TPSA) is 69.6 Å². The number of aliphatic carboxylic acids is 1. The van der Waals surface area contributed by atoms with E-state index in [1.807, 2.05) is 24.3 Å². The highest BCUT2D eigenvalue weighted by atomic mass is 32.2. The minimum Gasteiger partial charge on any atom is -0.480 e. The van der Waals surface area contributed by atoms with E-state index in [1.165, 1.54) is 22.2 Å². The lowest BCUT2D eigenvalue weighted by Gasteiger charge is -2.30. The van der Waals surface area contributed by atoms with Gasteiger partial charge in [0.05, 0.1) is 5.88 Å². The molecule has 0 spiro atoms. The first-order chi connectivity index (χ1) is 9.68. The molecule has 2 aliphatic rings. The number of nitrogens with one attached hydrogen (secondary N) is 1. The summed E-state index contributed by atoms with van der Waals surface area (Å²) in [7, 11) is 0. The Morgan fingerprint density at radius 3 is 2.95 bits per heavy atom. The molecule has 0 saturated carbocycles. The second-order valence-corrected chi connectivity index (χ2v) is 6.00. The van der Waals surface area contributed by atoms with Gasteiger partial charge in [-0.1, -0.05) is 24.3 Å². The molecular formula is C14H16N2O3S. The number of amides is 1. The van der Waals surface area contributed by atoms with Gasteiger partial charge in [0.1, 0.15) is 12.1 Å². The number of rotatable bonds is 2. The quantitative estimate of drug-likeness (QED) is 0.846. The first-order valence-corrected chi connectivity index (χ1v) is 7.76. The molecule has 1 aromatic rings. The summed E-state index contributed by atoms with van der Waals surface area (Å²) in [6, 6.07) is 6.74. The van der Waals surface area contributed by atoms with Gasteiger partial charge in [-0.15, -0.1) is 11.8 Å². The lowest BCUT2D eigenvalue weighted by molar-refractivity contribution is -0.148. The van der Waals surface area contributed by atoms with Crippen molar-refractivity contribution in [1.29, 1.82) is 0 Å². The van der Waals surface area contributed by atoms with Crippen LogP contribution in [0.25, 0.3) is 0 Å². The maximum Gasteiger partial charge on any atom is 0.327 e. The second kappa shape index (κ2) is 5.46. The van der Waals surface area contributed by atoms with Crippen molar-refractivity contribution in [2.45, 2.75) is 18.5 Å². The van der Waals surface area contributed by atoms with Crippen molar-refractivity contribution in [3.8, 4) is 0 Å². The van der Waals surface area contributed by atoms with Gasteiger partial charge in [-0.05, 0) is 17.5 Å². The minimum absolute atomic E-state index is 0.130. The summed E-state index contributed by atoms with van der Waals surface area (Å²) in [6.07, 6.45) is 0.900. The number of carbonyl (C=O) groups is 2. The van der Waals surface area contributed by atoms with Crippen LogP contribution in [0.4, 0.5) is 0 Å². The number of carboxylic acids is 1. The van der Waals surface area contributed by atoms with Gasteiger partial charge in [-0.2, -0.15) is 0 Å². The van der Waals surface area contributed by atoms with Crippen LogP contribution in [-0.2, 0) is 16.0 Å². The minimum atomic E-state index is -0.924. The third-order valence-corrected chi connectivity index (χ3v) is 4.82. The highest BCUT2D eigenvalue weighted by Crippen LogP contribution is 2.29. The van der Waals surface area contributed by atoms with Gasteiger partial charge in [-0.3, -0.25) is 4.79 Å². The number of benzene rings is 1. The molecule has 1 aromatic carbocycles. The van der Waals surface area contributed by atoms with Crippen molar-refractivity contribution in [3.05, 3.63) is 35.4 Å². The predicted octanol–water partition coefficient (Wildman–Crippen LogP) is 0.859. The zero-order chi connectivity index (χ0) is 14.1. The molecule has 1 amide bonds. The van der Waals surface area contributed by atoms with Crippen LogP contribution in [0.5, 0.6) is 0 Å². The lowest BCUT2D eigenvalue weighted by atomic mass is 9.93. The highest BCUT2D eigenvalue weighted by Gasteiger charge is 2.39. The maximum atomic E-state index is 12.7. The van der Waals surface area contributed by atoms with Crippen LogP contribution < -0.4 is 5.32 Å². The molecule has 3 rings (SSSR count). The first kappa shape index (κ1) is 13.5. The van der Waals surface area contributed by atoms with Gasteiger partial charge >= 0.3 is 5.97 Å². The van der Waals surface area contributed by atoms with E-state index in [0.717, 1.165) is 18.5 Å². The summed E-state index contributed by atoms with van der Waals surface area (Å²) in [4.78, 5) is 25.4. The summed E-state index contributed by atoms with van der Waals surface area (Å²) in [6.45, 7) is 0.742. The van der Waals surface area contributed by atoms with Crippen LogP contribution in [0, 0.1) is 0 Å². The summed E-state index contributed by atoms with van der Waals surface area (Å²) < 4.78 is 0. The molecule has 2 N–H and O–H groups in total. The highest BCUT2D eigenvalue weighted by molar-refractivity contribution is 7.99. The average molecular weight is 292 g/mol. The molecule has 2 aliphatic heterocycles. The molecule has 2 heterocycles. The van der Waals surface area contributed by atoms with Crippen molar-refractivity contribution >= 4 is 23.6 Å². The van der Waals surface area contributed by atoms with Crippen LogP contribution in [0.3, 0.4) is 0 Å². The normalized spacial score (nSPS) is 25.3. The van der Waals surface area contributed by atoms with Crippen LogP contribution >= 0.6 is 11.8 Å². The Kier molecular flexibility index (Phi) is 3.67.